The zero-order valence-electron chi connectivity index (χ0n) is 11.6. The molecule has 3 N–H and O–H groups in total. The molecule has 0 spiro atoms. The molecule has 0 aromatic carbocycles. The van der Waals surface area contributed by atoms with Crippen LogP contribution in [0.4, 0.5) is 0 Å². The summed E-state index contributed by atoms with van der Waals surface area (Å²) in [4.78, 5) is 11.8. The molecule has 2 unspecified atom stereocenters. The third-order valence-corrected chi connectivity index (χ3v) is 3.98. The fraction of sp³-hybridized carbons (Fsp3) is 0.929. The van der Waals surface area contributed by atoms with Gasteiger partial charge in [0.2, 0.25) is 5.91 Å². The molecule has 0 bridgehead atoms. The summed E-state index contributed by atoms with van der Waals surface area (Å²) in [5, 5.41) is 15.8. The van der Waals surface area contributed by atoms with Crippen molar-refractivity contribution in [1.29, 1.82) is 0 Å². The van der Waals surface area contributed by atoms with E-state index < -0.39 is 0 Å². The Balaban J connectivity index is 1.56. The summed E-state index contributed by atoms with van der Waals surface area (Å²) in [6.45, 7) is 2.53. The fourth-order valence-corrected chi connectivity index (χ4v) is 2.88. The van der Waals surface area contributed by atoms with Crippen LogP contribution in [0.5, 0.6) is 0 Å². The molecule has 0 radical (unpaired) electrons. The second-order valence-corrected chi connectivity index (χ2v) is 5.66. The zero-order chi connectivity index (χ0) is 13.5. The van der Waals surface area contributed by atoms with Gasteiger partial charge in [0.15, 0.2) is 0 Å². The highest BCUT2D eigenvalue weighted by Gasteiger charge is 2.21. The van der Waals surface area contributed by atoms with Crippen LogP contribution >= 0.6 is 0 Å². The van der Waals surface area contributed by atoms with Gasteiger partial charge in [0.1, 0.15) is 0 Å². The van der Waals surface area contributed by atoms with Crippen molar-refractivity contribution in [2.45, 2.75) is 63.2 Å². The van der Waals surface area contributed by atoms with Crippen LogP contribution in [0.25, 0.3) is 0 Å². The van der Waals surface area contributed by atoms with Crippen molar-refractivity contribution in [1.82, 2.24) is 10.6 Å². The Bertz CT molecular complexity index is 280. The van der Waals surface area contributed by atoms with Crippen LogP contribution < -0.4 is 10.6 Å². The summed E-state index contributed by atoms with van der Waals surface area (Å²) in [5.74, 6) is 0.0491. The first-order valence-corrected chi connectivity index (χ1v) is 7.54. The molecule has 1 aliphatic carbocycles. The first-order chi connectivity index (χ1) is 9.24. The summed E-state index contributed by atoms with van der Waals surface area (Å²) in [6.07, 6.45) is 6.11. The number of aliphatic hydroxyl groups excluding tert-OH is 1. The normalized spacial score (nSPS) is 29.1. The number of amides is 1. The lowest BCUT2D eigenvalue weighted by molar-refractivity contribution is -0.123. The van der Waals surface area contributed by atoms with Crippen molar-refractivity contribution >= 4 is 5.91 Å². The average molecular weight is 270 g/mol. The Morgan fingerprint density at radius 3 is 2.79 bits per heavy atom. The summed E-state index contributed by atoms with van der Waals surface area (Å²) in [5.41, 5.74) is 0. The van der Waals surface area contributed by atoms with Crippen molar-refractivity contribution in [3.05, 3.63) is 0 Å². The van der Waals surface area contributed by atoms with Crippen molar-refractivity contribution < 1.29 is 14.6 Å². The highest BCUT2D eigenvalue weighted by atomic mass is 16.5. The first kappa shape index (κ1) is 14.8. The maximum absolute atomic E-state index is 11.8. The predicted octanol–water partition coefficient (Wildman–Crippen LogP) is 0.565. The van der Waals surface area contributed by atoms with Gasteiger partial charge in [-0.15, -0.1) is 0 Å². The molecule has 110 valence electrons. The second kappa shape index (κ2) is 7.82. The maximum atomic E-state index is 11.8. The van der Waals surface area contributed by atoms with Gasteiger partial charge in [-0.3, -0.25) is 4.79 Å². The van der Waals surface area contributed by atoms with Crippen molar-refractivity contribution in [3.63, 3.8) is 0 Å². The molecule has 5 nitrogen and oxygen atoms in total. The van der Waals surface area contributed by atoms with Crippen molar-refractivity contribution in [2.75, 3.05) is 19.7 Å². The number of piperidine rings is 1. The van der Waals surface area contributed by atoms with Gasteiger partial charge in [-0.25, -0.2) is 0 Å². The minimum absolute atomic E-state index is 0.0491. The molecule has 1 amide bonds. The van der Waals surface area contributed by atoms with E-state index in [0.717, 1.165) is 45.2 Å². The van der Waals surface area contributed by atoms with Gasteiger partial charge in [0.25, 0.3) is 0 Å². The molecule has 19 heavy (non-hydrogen) atoms. The van der Waals surface area contributed by atoms with Crippen molar-refractivity contribution in [3.8, 4) is 0 Å². The molecular weight excluding hydrogens is 244 g/mol. The summed E-state index contributed by atoms with van der Waals surface area (Å²) in [6, 6.07) is 0.148. The van der Waals surface area contributed by atoms with Gasteiger partial charge < -0.3 is 20.5 Å². The largest absolute Gasteiger partial charge is 0.393 e. The van der Waals surface area contributed by atoms with Gasteiger partial charge in [-0.1, -0.05) is 0 Å². The Labute approximate surface area is 115 Å². The van der Waals surface area contributed by atoms with Gasteiger partial charge in [0, 0.05) is 12.5 Å². The highest BCUT2D eigenvalue weighted by Crippen LogP contribution is 2.18. The number of carbonyl (C=O) groups is 1. The number of hydrogen-bond acceptors (Lipinski definition) is 4. The Morgan fingerprint density at radius 2 is 2.05 bits per heavy atom. The van der Waals surface area contributed by atoms with E-state index in [2.05, 4.69) is 10.6 Å². The van der Waals surface area contributed by atoms with Crippen LogP contribution in [0.1, 0.15) is 44.9 Å². The minimum Gasteiger partial charge on any atom is -0.393 e. The molecule has 1 heterocycles. The van der Waals surface area contributed by atoms with Gasteiger partial charge >= 0.3 is 0 Å². The summed E-state index contributed by atoms with van der Waals surface area (Å²) >= 11 is 0. The highest BCUT2D eigenvalue weighted by molar-refractivity contribution is 5.76. The number of ether oxygens (including phenoxy) is 1. The van der Waals surface area contributed by atoms with Crippen LogP contribution in [0.3, 0.4) is 0 Å². The molecule has 1 saturated heterocycles. The quantitative estimate of drug-likeness (QED) is 0.683. The van der Waals surface area contributed by atoms with E-state index in [1.165, 1.54) is 0 Å². The molecule has 2 atom stereocenters. The molecule has 2 rings (SSSR count). The smallest absolute Gasteiger partial charge is 0.222 e. The second-order valence-electron chi connectivity index (χ2n) is 5.66. The van der Waals surface area contributed by atoms with E-state index in [-0.39, 0.29) is 18.1 Å². The molecular formula is C14H26N2O3. The molecule has 2 aliphatic rings. The Kier molecular flexibility index (Phi) is 6.07. The topological polar surface area (TPSA) is 70.6 Å². The molecule has 1 saturated carbocycles. The van der Waals surface area contributed by atoms with E-state index in [1.807, 2.05) is 0 Å². The number of carbonyl (C=O) groups excluding carboxylic acids is 1. The minimum atomic E-state index is -0.245. The lowest BCUT2D eigenvalue weighted by atomic mass is 9.93. The summed E-state index contributed by atoms with van der Waals surface area (Å²) in [7, 11) is 0. The molecule has 2 fully saturated rings. The van der Waals surface area contributed by atoms with Crippen LogP contribution in [0.2, 0.25) is 0 Å². The fourth-order valence-electron chi connectivity index (χ4n) is 2.88. The van der Waals surface area contributed by atoms with E-state index >= 15 is 0 Å². The number of rotatable bonds is 5. The van der Waals surface area contributed by atoms with Crippen molar-refractivity contribution in [2.24, 2.45) is 0 Å². The van der Waals surface area contributed by atoms with E-state index in [0.29, 0.717) is 25.6 Å². The molecule has 1 aliphatic heterocycles. The molecule has 0 aromatic heterocycles. The van der Waals surface area contributed by atoms with Gasteiger partial charge in [-0.05, 0) is 51.6 Å². The van der Waals surface area contributed by atoms with Crippen LogP contribution in [0.15, 0.2) is 0 Å². The third-order valence-electron chi connectivity index (χ3n) is 3.98. The third kappa shape index (κ3) is 5.47. The van der Waals surface area contributed by atoms with Gasteiger partial charge in [-0.2, -0.15) is 0 Å². The Hall–Kier alpha value is -0.650. The summed E-state index contributed by atoms with van der Waals surface area (Å²) < 4.78 is 5.71. The van der Waals surface area contributed by atoms with Crippen LogP contribution in [-0.4, -0.2) is 49.0 Å². The SMILES string of the molecule is O=C(CCOC1CCNCC1)NC1CCCC(O)C1. The first-order valence-electron chi connectivity index (χ1n) is 7.54. The number of hydrogen-bond donors (Lipinski definition) is 3. The van der Waals surface area contributed by atoms with Gasteiger partial charge in [0.05, 0.1) is 18.8 Å². The van der Waals surface area contributed by atoms with E-state index in [4.69, 9.17) is 4.74 Å². The standard InChI is InChI=1S/C14H26N2O3/c17-12-3-1-2-11(10-12)16-14(18)6-9-19-13-4-7-15-8-5-13/h11-13,15,17H,1-10H2,(H,16,18). The van der Waals surface area contributed by atoms with Crippen LogP contribution in [-0.2, 0) is 9.53 Å². The average Bonchev–Trinajstić information content (AvgIpc) is 2.40. The molecule has 5 heteroatoms. The lowest BCUT2D eigenvalue weighted by Crippen LogP contribution is -2.40. The number of aliphatic hydroxyl groups is 1. The Morgan fingerprint density at radius 1 is 1.26 bits per heavy atom. The van der Waals surface area contributed by atoms with E-state index in [1.54, 1.807) is 0 Å². The number of nitrogens with one attached hydrogen (secondary N) is 2. The zero-order valence-corrected chi connectivity index (χ0v) is 11.6. The van der Waals surface area contributed by atoms with E-state index in [9.17, 15) is 9.90 Å². The maximum Gasteiger partial charge on any atom is 0.222 e. The van der Waals surface area contributed by atoms with Crippen LogP contribution in [0, 0.1) is 0 Å². The monoisotopic (exact) mass is 270 g/mol. The lowest BCUT2D eigenvalue weighted by Gasteiger charge is -2.27. The predicted molar refractivity (Wildman–Crippen MR) is 72.9 cm³/mol. The molecule has 0 aromatic rings.